The van der Waals surface area contributed by atoms with Gasteiger partial charge in [-0.05, 0) is 38.7 Å². The molecule has 0 aromatic heterocycles. The first-order valence-electron chi connectivity index (χ1n) is 5.89. The lowest BCUT2D eigenvalue weighted by atomic mass is 9.99. The Balaban J connectivity index is 2.66. The van der Waals surface area contributed by atoms with Crippen molar-refractivity contribution in [3.05, 3.63) is 23.4 Å². The van der Waals surface area contributed by atoms with Crippen molar-refractivity contribution in [1.82, 2.24) is 0 Å². The number of ether oxygens (including phenoxy) is 1. The maximum atomic E-state index is 11.9. The molecule has 0 aromatic rings. The molecule has 1 rings (SSSR count). The first kappa shape index (κ1) is 12.8. The van der Waals surface area contributed by atoms with Crippen LogP contribution in [0.25, 0.3) is 0 Å². The molecular formula is C13H21NO2. The Bertz CT molecular complexity index is 325. The Morgan fingerprint density at radius 3 is 2.44 bits per heavy atom. The van der Waals surface area contributed by atoms with Crippen molar-refractivity contribution in [1.29, 1.82) is 0 Å². The molecule has 0 aromatic carbocycles. The first-order chi connectivity index (χ1) is 7.50. The molecule has 1 aliphatic rings. The highest BCUT2D eigenvalue weighted by Gasteiger charge is 2.26. The van der Waals surface area contributed by atoms with E-state index in [9.17, 15) is 4.79 Å². The SMILES string of the molecule is CCC(C)(CC)OC(=O)C1=CC=C(N)CC1. The molecule has 1 aliphatic carbocycles. The van der Waals surface area contributed by atoms with E-state index in [1.165, 1.54) is 0 Å². The van der Waals surface area contributed by atoms with Crippen molar-refractivity contribution in [2.24, 2.45) is 5.73 Å². The van der Waals surface area contributed by atoms with E-state index < -0.39 is 0 Å². The number of rotatable bonds is 4. The smallest absolute Gasteiger partial charge is 0.334 e. The van der Waals surface area contributed by atoms with E-state index in [1.54, 1.807) is 12.2 Å². The maximum absolute atomic E-state index is 11.9. The number of nitrogens with two attached hydrogens (primary N) is 1. The lowest BCUT2D eigenvalue weighted by molar-refractivity contribution is -0.154. The molecule has 90 valence electrons. The van der Waals surface area contributed by atoms with E-state index in [4.69, 9.17) is 10.5 Å². The summed E-state index contributed by atoms with van der Waals surface area (Å²) in [4.78, 5) is 11.9. The average Bonchev–Trinajstić information content (AvgIpc) is 2.29. The zero-order valence-electron chi connectivity index (χ0n) is 10.4. The van der Waals surface area contributed by atoms with Crippen LogP contribution >= 0.6 is 0 Å². The summed E-state index contributed by atoms with van der Waals surface area (Å²) in [7, 11) is 0. The van der Waals surface area contributed by atoms with Crippen LogP contribution in [-0.2, 0) is 9.53 Å². The Hall–Kier alpha value is -1.25. The van der Waals surface area contributed by atoms with Crippen LogP contribution in [0.3, 0.4) is 0 Å². The summed E-state index contributed by atoms with van der Waals surface area (Å²) >= 11 is 0. The van der Waals surface area contributed by atoms with Crippen LogP contribution in [0.5, 0.6) is 0 Å². The van der Waals surface area contributed by atoms with Crippen LogP contribution in [0.2, 0.25) is 0 Å². The fourth-order valence-corrected chi connectivity index (χ4v) is 1.51. The lowest BCUT2D eigenvalue weighted by Gasteiger charge is -2.27. The normalized spacial score (nSPS) is 16.4. The second-order valence-corrected chi connectivity index (χ2v) is 4.48. The molecule has 0 saturated carbocycles. The predicted molar refractivity (Wildman–Crippen MR) is 64.7 cm³/mol. The Labute approximate surface area is 97.3 Å². The molecule has 0 unspecified atom stereocenters. The van der Waals surface area contributed by atoms with Gasteiger partial charge in [-0.25, -0.2) is 4.79 Å². The van der Waals surface area contributed by atoms with Crippen LogP contribution in [-0.4, -0.2) is 11.6 Å². The van der Waals surface area contributed by atoms with Crippen molar-refractivity contribution in [2.75, 3.05) is 0 Å². The highest BCUT2D eigenvalue weighted by molar-refractivity contribution is 5.89. The molecule has 0 aliphatic heterocycles. The van der Waals surface area contributed by atoms with Gasteiger partial charge in [-0.2, -0.15) is 0 Å². The van der Waals surface area contributed by atoms with E-state index in [0.29, 0.717) is 6.42 Å². The monoisotopic (exact) mass is 223 g/mol. The Morgan fingerprint density at radius 1 is 1.38 bits per heavy atom. The molecule has 0 atom stereocenters. The van der Waals surface area contributed by atoms with Gasteiger partial charge in [-0.3, -0.25) is 0 Å². The van der Waals surface area contributed by atoms with Crippen molar-refractivity contribution in [3.8, 4) is 0 Å². The van der Waals surface area contributed by atoms with E-state index in [1.807, 2.05) is 20.8 Å². The quantitative estimate of drug-likeness (QED) is 0.745. The van der Waals surface area contributed by atoms with Gasteiger partial charge in [0.05, 0.1) is 0 Å². The summed E-state index contributed by atoms with van der Waals surface area (Å²) in [6.07, 6.45) is 6.66. The van der Waals surface area contributed by atoms with Crippen LogP contribution in [0.1, 0.15) is 46.5 Å². The Morgan fingerprint density at radius 2 is 2.00 bits per heavy atom. The second-order valence-electron chi connectivity index (χ2n) is 4.48. The van der Waals surface area contributed by atoms with Gasteiger partial charge in [0.2, 0.25) is 0 Å². The largest absolute Gasteiger partial charge is 0.456 e. The first-order valence-corrected chi connectivity index (χ1v) is 5.89. The highest BCUT2D eigenvalue weighted by Crippen LogP contribution is 2.23. The summed E-state index contributed by atoms with van der Waals surface area (Å²) in [5.74, 6) is -0.199. The number of carbonyl (C=O) groups is 1. The van der Waals surface area contributed by atoms with Gasteiger partial charge in [-0.15, -0.1) is 0 Å². The molecule has 0 saturated heterocycles. The van der Waals surface area contributed by atoms with Gasteiger partial charge in [0.1, 0.15) is 5.60 Å². The third-order valence-corrected chi connectivity index (χ3v) is 3.28. The standard InChI is InChI=1S/C13H21NO2/c1-4-13(3,5-2)16-12(15)10-6-8-11(14)9-7-10/h6,8H,4-5,7,9,14H2,1-3H3. The molecule has 0 spiro atoms. The molecule has 0 heterocycles. The Kier molecular flexibility index (Phi) is 4.16. The van der Waals surface area contributed by atoms with Crippen molar-refractivity contribution in [3.63, 3.8) is 0 Å². The number of esters is 1. The zero-order valence-corrected chi connectivity index (χ0v) is 10.4. The van der Waals surface area contributed by atoms with Crippen LogP contribution in [0.15, 0.2) is 23.4 Å². The van der Waals surface area contributed by atoms with E-state index in [0.717, 1.165) is 30.5 Å². The molecule has 0 fully saturated rings. The summed E-state index contributed by atoms with van der Waals surface area (Å²) in [5, 5.41) is 0. The van der Waals surface area contributed by atoms with Gasteiger partial charge >= 0.3 is 5.97 Å². The number of carbonyl (C=O) groups excluding carboxylic acids is 1. The minimum absolute atomic E-state index is 0.199. The summed E-state index contributed by atoms with van der Waals surface area (Å²) in [6.45, 7) is 6.03. The molecule has 3 heteroatoms. The van der Waals surface area contributed by atoms with E-state index in [2.05, 4.69) is 0 Å². The molecule has 3 nitrogen and oxygen atoms in total. The van der Waals surface area contributed by atoms with E-state index in [-0.39, 0.29) is 11.6 Å². The minimum atomic E-state index is -0.343. The number of hydrogen-bond acceptors (Lipinski definition) is 3. The van der Waals surface area contributed by atoms with Gasteiger partial charge in [-0.1, -0.05) is 19.9 Å². The molecule has 0 amide bonds. The summed E-state index contributed by atoms with van der Waals surface area (Å²) in [6, 6.07) is 0. The maximum Gasteiger partial charge on any atom is 0.334 e. The van der Waals surface area contributed by atoms with Crippen LogP contribution in [0, 0.1) is 0 Å². The highest BCUT2D eigenvalue weighted by atomic mass is 16.6. The van der Waals surface area contributed by atoms with Crippen molar-refractivity contribution in [2.45, 2.75) is 52.1 Å². The van der Waals surface area contributed by atoms with Gasteiger partial charge in [0.25, 0.3) is 0 Å². The molecule has 16 heavy (non-hydrogen) atoms. The van der Waals surface area contributed by atoms with Crippen molar-refractivity contribution >= 4 is 5.97 Å². The predicted octanol–water partition coefficient (Wildman–Crippen LogP) is 2.67. The van der Waals surface area contributed by atoms with Gasteiger partial charge in [0.15, 0.2) is 0 Å². The van der Waals surface area contributed by atoms with Crippen LogP contribution < -0.4 is 5.73 Å². The summed E-state index contributed by atoms with van der Waals surface area (Å²) in [5.41, 5.74) is 6.85. The van der Waals surface area contributed by atoms with E-state index >= 15 is 0 Å². The third-order valence-electron chi connectivity index (χ3n) is 3.28. The van der Waals surface area contributed by atoms with Gasteiger partial charge < -0.3 is 10.5 Å². The average molecular weight is 223 g/mol. The van der Waals surface area contributed by atoms with Crippen LogP contribution in [0.4, 0.5) is 0 Å². The summed E-state index contributed by atoms with van der Waals surface area (Å²) < 4.78 is 5.53. The molecule has 0 bridgehead atoms. The fraction of sp³-hybridized carbons (Fsp3) is 0.615. The second kappa shape index (κ2) is 5.19. The lowest BCUT2D eigenvalue weighted by Crippen LogP contribution is -2.31. The molecule has 0 radical (unpaired) electrons. The topological polar surface area (TPSA) is 52.3 Å². The third kappa shape index (κ3) is 3.12. The molecular weight excluding hydrogens is 202 g/mol. The van der Waals surface area contributed by atoms with Gasteiger partial charge in [0, 0.05) is 11.3 Å². The van der Waals surface area contributed by atoms with Crippen molar-refractivity contribution < 1.29 is 9.53 Å². The fourth-order valence-electron chi connectivity index (χ4n) is 1.51. The zero-order chi connectivity index (χ0) is 12.2. The molecule has 2 N–H and O–H groups in total. The number of allylic oxidation sites excluding steroid dienone is 3. The number of hydrogen-bond donors (Lipinski definition) is 1. The minimum Gasteiger partial charge on any atom is -0.456 e.